The Kier molecular flexibility index (Phi) is 9.31. The molecule has 2 rings (SSSR count). The number of carbonyl (C=O) groups is 1. The number of methoxy groups -OCH3 is 2. The third-order valence-corrected chi connectivity index (χ3v) is 5.01. The van der Waals surface area contributed by atoms with Crippen LogP contribution in [0.25, 0.3) is 0 Å². The zero-order valence-corrected chi connectivity index (χ0v) is 18.0. The summed E-state index contributed by atoms with van der Waals surface area (Å²) in [7, 11) is 3.27. The number of nitrogens with one attached hydrogen (secondary N) is 2. The molecule has 0 aliphatic carbocycles. The van der Waals surface area contributed by atoms with Crippen LogP contribution in [-0.2, 0) is 19.5 Å². The van der Waals surface area contributed by atoms with Crippen molar-refractivity contribution in [3.63, 3.8) is 0 Å². The lowest BCUT2D eigenvalue weighted by Crippen LogP contribution is -2.36. The molecule has 2 N–H and O–H groups in total. The fraction of sp³-hybridized carbons (Fsp3) is 0.435. The zero-order valence-electron chi connectivity index (χ0n) is 18.0. The molecule has 2 aromatic carbocycles. The Morgan fingerprint density at radius 3 is 2.31 bits per heavy atom. The summed E-state index contributed by atoms with van der Waals surface area (Å²) in [4.78, 5) is 14.6. The number of ether oxygens (including phenoxy) is 2. The summed E-state index contributed by atoms with van der Waals surface area (Å²) in [6.45, 7) is 8.24. The summed E-state index contributed by atoms with van der Waals surface area (Å²) in [5.74, 6) is 1.56. The highest BCUT2D eigenvalue weighted by molar-refractivity contribution is 5.73. The Morgan fingerprint density at radius 1 is 0.931 bits per heavy atom. The molecule has 29 heavy (non-hydrogen) atoms. The Bertz CT molecular complexity index is 776. The lowest BCUT2D eigenvalue weighted by molar-refractivity contribution is 0.240. The average Bonchev–Trinajstić information content (AvgIpc) is 2.76. The standard InChI is InChI=1S/C23H33N3O3/c1-5-26(6-2)17-20-10-8-7-9-19(20)16-25-23(27)24-14-13-18-15-21(28-3)11-12-22(18)29-4/h7-12,15H,5-6,13-14,16-17H2,1-4H3,(H2,24,25,27). The first-order chi connectivity index (χ1) is 14.1. The number of amides is 2. The van der Waals surface area contributed by atoms with Gasteiger partial charge in [0.05, 0.1) is 14.2 Å². The third-order valence-electron chi connectivity index (χ3n) is 5.01. The molecule has 0 bridgehead atoms. The summed E-state index contributed by atoms with van der Waals surface area (Å²) in [5.41, 5.74) is 3.39. The Morgan fingerprint density at radius 2 is 1.66 bits per heavy atom. The molecule has 158 valence electrons. The second-order valence-electron chi connectivity index (χ2n) is 6.77. The van der Waals surface area contributed by atoms with Crippen molar-refractivity contribution in [2.45, 2.75) is 33.4 Å². The van der Waals surface area contributed by atoms with E-state index in [-0.39, 0.29) is 6.03 Å². The molecule has 0 aliphatic rings. The first-order valence-corrected chi connectivity index (χ1v) is 10.1. The van der Waals surface area contributed by atoms with Crippen molar-refractivity contribution in [3.05, 3.63) is 59.2 Å². The van der Waals surface area contributed by atoms with E-state index >= 15 is 0 Å². The van der Waals surface area contributed by atoms with Crippen molar-refractivity contribution >= 4 is 6.03 Å². The van der Waals surface area contributed by atoms with E-state index in [9.17, 15) is 4.79 Å². The van der Waals surface area contributed by atoms with Gasteiger partial charge in [-0.1, -0.05) is 38.1 Å². The highest BCUT2D eigenvalue weighted by Crippen LogP contribution is 2.24. The van der Waals surface area contributed by atoms with Gasteiger partial charge in [-0.3, -0.25) is 4.90 Å². The van der Waals surface area contributed by atoms with Crippen LogP contribution in [0.15, 0.2) is 42.5 Å². The summed E-state index contributed by atoms with van der Waals surface area (Å²) < 4.78 is 10.6. The zero-order chi connectivity index (χ0) is 21.1. The number of hydrogen-bond donors (Lipinski definition) is 2. The van der Waals surface area contributed by atoms with Gasteiger partial charge in [0.2, 0.25) is 0 Å². The van der Waals surface area contributed by atoms with Crippen molar-refractivity contribution in [2.24, 2.45) is 0 Å². The minimum atomic E-state index is -0.176. The molecule has 0 aliphatic heterocycles. The molecular weight excluding hydrogens is 366 g/mol. The highest BCUT2D eigenvalue weighted by atomic mass is 16.5. The molecule has 0 fully saturated rings. The van der Waals surface area contributed by atoms with Crippen molar-refractivity contribution < 1.29 is 14.3 Å². The largest absolute Gasteiger partial charge is 0.497 e. The number of carbonyl (C=O) groups excluding carboxylic acids is 1. The highest BCUT2D eigenvalue weighted by Gasteiger charge is 2.09. The predicted octanol–water partition coefficient (Wildman–Crippen LogP) is 3.59. The van der Waals surface area contributed by atoms with Crippen LogP contribution in [0.3, 0.4) is 0 Å². The maximum atomic E-state index is 12.2. The third kappa shape index (κ3) is 6.98. The molecule has 0 spiro atoms. The van der Waals surface area contributed by atoms with E-state index in [2.05, 4.69) is 41.5 Å². The number of urea groups is 1. The molecule has 0 saturated heterocycles. The SMILES string of the molecule is CCN(CC)Cc1ccccc1CNC(=O)NCCc1cc(OC)ccc1OC. The molecular formula is C23H33N3O3. The number of nitrogens with zero attached hydrogens (tertiary/aromatic N) is 1. The average molecular weight is 400 g/mol. The quantitative estimate of drug-likeness (QED) is 0.606. The van der Waals surface area contributed by atoms with Crippen LogP contribution < -0.4 is 20.1 Å². The molecule has 6 nitrogen and oxygen atoms in total. The molecule has 0 heterocycles. The Balaban J connectivity index is 1.85. The summed E-state index contributed by atoms with van der Waals surface area (Å²) in [5, 5.41) is 5.88. The van der Waals surface area contributed by atoms with E-state index in [1.807, 2.05) is 30.3 Å². The monoisotopic (exact) mass is 399 g/mol. The Labute approximate surface area is 174 Å². The van der Waals surface area contributed by atoms with Gasteiger partial charge < -0.3 is 20.1 Å². The van der Waals surface area contributed by atoms with E-state index in [1.54, 1.807) is 14.2 Å². The van der Waals surface area contributed by atoms with Crippen molar-refractivity contribution in [3.8, 4) is 11.5 Å². The number of benzene rings is 2. The Hall–Kier alpha value is -2.73. The van der Waals surface area contributed by atoms with Crippen molar-refractivity contribution in [1.82, 2.24) is 15.5 Å². The molecule has 2 amide bonds. The van der Waals surface area contributed by atoms with Crippen molar-refractivity contribution in [1.29, 1.82) is 0 Å². The van der Waals surface area contributed by atoms with Gasteiger partial charge >= 0.3 is 6.03 Å². The smallest absolute Gasteiger partial charge is 0.315 e. The molecule has 0 atom stereocenters. The fourth-order valence-electron chi connectivity index (χ4n) is 3.20. The van der Waals surface area contributed by atoms with Crippen LogP contribution in [0.2, 0.25) is 0 Å². The topological polar surface area (TPSA) is 62.8 Å². The van der Waals surface area contributed by atoms with Crippen LogP contribution in [-0.4, -0.2) is 44.8 Å². The van der Waals surface area contributed by atoms with Gasteiger partial charge in [0.15, 0.2) is 0 Å². The molecule has 0 saturated carbocycles. The maximum Gasteiger partial charge on any atom is 0.315 e. The maximum absolute atomic E-state index is 12.2. The number of rotatable bonds is 11. The van der Waals surface area contributed by atoms with Crippen LogP contribution in [0.5, 0.6) is 11.5 Å². The first-order valence-electron chi connectivity index (χ1n) is 10.1. The van der Waals surface area contributed by atoms with Crippen LogP contribution in [0, 0.1) is 0 Å². The van der Waals surface area contributed by atoms with Crippen LogP contribution in [0.1, 0.15) is 30.5 Å². The van der Waals surface area contributed by atoms with Gasteiger partial charge in [-0.05, 0) is 54.4 Å². The van der Waals surface area contributed by atoms with E-state index in [4.69, 9.17) is 9.47 Å². The predicted molar refractivity (Wildman–Crippen MR) is 117 cm³/mol. The van der Waals surface area contributed by atoms with Gasteiger partial charge in [-0.15, -0.1) is 0 Å². The molecule has 2 aromatic rings. The fourth-order valence-corrected chi connectivity index (χ4v) is 3.20. The second kappa shape index (κ2) is 12.0. The van der Waals surface area contributed by atoms with Gasteiger partial charge in [0, 0.05) is 19.6 Å². The molecule has 0 aromatic heterocycles. The minimum absolute atomic E-state index is 0.176. The van der Waals surface area contributed by atoms with Crippen molar-refractivity contribution in [2.75, 3.05) is 33.9 Å². The molecule has 0 unspecified atom stereocenters. The van der Waals surface area contributed by atoms with E-state index in [0.717, 1.165) is 42.3 Å². The van der Waals surface area contributed by atoms with E-state index in [0.29, 0.717) is 19.5 Å². The van der Waals surface area contributed by atoms with Gasteiger partial charge in [0.25, 0.3) is 0 Å². The lowest BCUT2D eigenvalue weighted by atomic mass is 10.1. The normalized spacial score (nSPS) is 10.7. The van der Waals surface area contributed by atoms with Crippen LogP contribution >= 0.6 is 0 Å². The van der Waals surface area contributed by atoms with Gasteiger partial charge in [0.1, 0.15) is 11.5 Å². The van der Waals surface area contributed by atoms with Gasteiger partial charge in [-0.25, -0.2) is 4.79 Å². The lowest BCUT2D eigenvalue weighted by Gasteiger charge is -2.20. The second-order valence-corrected chi connectivity index (χ2v) is 6.77. The number of hydrogen-bond acceptors (Lipinski definition) is 4. The first kappa shape index (κ1) is 22.6. The molecule has 0 radical (unpaired) electrons. The van der Waals surface area contributed by atoms with Gasteiger partial charge in [-0.2, -0.15) is 0 Å². The van der Waals surface area contributed by atoms with Crippen LogP contribution in [0.4, 0.5) is 4.79 Å². The van der Waals surface area contributed by atoms with E-state index < -0.39 is 0 Å². The van der Waals surface area contributed by atoms with E-state index in [1.165, 1.54) is 5.56 Å². The molecule has 6 heteroatoms. The summed E-state index contributed by atoms with van der Waals surface area (Å²) >= 11 is 0. The summed E-state index contributed by atoms with van der Waals surface area (Å²) in [6, 6.07) is 13.7. The summed E-state index contributed by atoms with van der Waals surface area (Å²) in [6.07, 6.45) is 0.659. The minimum Gasteiger partial charge on any atom is -0.497 e.